The van der Waals surface area contributed by atoms with Gasteiger partial charge in [-0.15, -0.1) is 0 Å². The van der Waals surface area contributed by atoms with Crippen molar-refractivity contribution >= 4 is 19.8 Å². The van der Waals surface area contributed by atoms with Gasteiger partial charge in [0.1, 0.15) is 6.61 Å². The Morgan fingerprint density at radius 3 is 1.51 bits per heavy atom. The van der Waals surface area contributed by atoms with Gasteiger partial charge in [0.05, 0.1) is 13.2 Å². The molecule has 0 saturated carbocycles. The summed E-state index contributed by atoms with van der Waals surface area (Å²) in [4.78, 5) is 34.9. The van der Waals surface area contributed by atoms with Crippen LogP contribution in [0, 0.1) is 0 Å². The molecule has 0 spiro atoms. The van der Waals surface area contributed by atoms with Crippen LogP contribution in [0.5, 0.6) is 0 Å². The van der Waals surface area contributed by atoms with Gasteiger partial charge in [-0.3, -0.25) is 18.6 Å². The first-order valence-electron chi connectivity index (χ1n) is 21.8. The molecule has 318 valence electrons. The molecular weight excluding hydrogens is 713 g/mol. The van der Waals surface area contributed by atoms with Crippen LogP contribution in [-0.4, -0.2) is 49.3 Å². The van der Waals surface area contributed by atoms with Gasteiger partial charge in [0.2, 0.25) is 0 Å². The fourth-order valence-electron chi connectivity index (χ4n) is 5.62. The third kappa shape index (κ3) is 41.2. The van der Waals surface area contributed by atoms with Crippen molar-refractivity contribution in [3.8, 4) is 0 Å². The summed E-state index contributed by atoms with van der Waals surface area (Å²) in [5.74, 6) is -0.872. The Morgan fingerprint density at radius 1 is 0.545 bits per heavy atom. The molecule has 0 aromatic rings. The van der Waals surface area contributed by atoms with Crippen molar-refractivity contribution in [3.05, 3.63) is 60.8 Å². The van der Waals surface area contributed by atoms with E-state index in [0.717, 1.165) is 77.0 Å². The van der Waals surface area contributed by atoms with Crippen LogP contribution in [-0.2, 0) is 32.7 Å². The fraction of sp³-hybridized carbons (Fsp3) is 0.733. The Balaban J connectivity index is 4.22. The van der Waals surface area contributed by atoms with Gasteiger partial charge in [0.15, 0.2) is 6.10 Å². The van der Waals surface area contributed by atoms with E-state index in [0.29, 0.717) is 6.42 Å². The molecule has 2 atom stereocenters. The molecule has 1 unspecified atom stereocenters. The van der Waals surface area contributed by atoms with E-state index >= 15 is 0 Å². The van der Waals surface area contributed by atoms with Crippen molar-refractivity contribution in [1.82, 2.24) is 0 Å². The van der Waals surface area contributed by atoms with E-state index in [-0.39, 0.29) is 32.6 Å². The smallest absolute Gasteiger partial charge is 0.462 e. The maximum atomic E-state index is 12.6. The molecule has 0 aliphatic rings. The quantitative estimate of drug-likeness (QED) is 0.0269. The van der Waals surface area contributed by atoms with Crippen molar-refractivity contribution in [2.75, 3.05) is 26.4 Å². The molecule has 0 amide bonds. The maximum absolute atomic E-state index is 12.6. The van der Waals surface area contributed by atoms with Gasteiger partial charge in [-0.1, -0.05) is 152 Å². The molecule has 0 aliphatic carbocycles. The van der Waals surface area contributed by atoms with E-state index in [4.69, 9.17) is 24.3 Å². The number of phosphoric acid groups is 1. The third-order valence-corrected chi connectivity index (χ3v) is 9.84. The number of ether oxygens (including phenoxy) is 2. The lowest BCUT2D eigenvalue weighted by molar-refractivity contribution is -0.161. The first kappa shape index (κ1) is 52.7. The van der Waals surface area contributed by atoms with Gasteiger partial charge in [0, 0.05) is 19.4 Å². The first-order chi connectivity index (χ1) is 26.8. The first-order valence-corrected chi connectivity index (χ1v) is 23.3. The molecule has 0 fully saturated rings. The number of unbranched alkanes of at least 4 members (excludes halogenated alkanes) is 17. The van der Waals surface area contributed by atoms with E-state index in [1.807, 2.05) is 0 Å². The SMILES string of the molecule is CCC/C=C/C/C=C/C/C=C/C/C=C/CCCCCC(=O)O[C@H](COC(=O)CCCCCCCCC/C=C/CCCCCCCC)COP(=O)(O)OCCN. The van der Waals surface area contributed by atoms with Gasteiger partial charge in [-0.05, 0) is 77.0 Å². The summed E-state index contributed by atoms with van der Waals surface area (Å²) in [5, 5.41) is 0. The average Bonchev–Trinajstić information content (AvgIpc) is 3.17. The summed E-state index contributed by atoms with van der Waals surface area (Å²) in [6, 6.07) is 0. The van der Waals surface area contributed by atoms with Crippen LogP contribution in [0.1, 0.15) is 181 Å². The monoisotopic (exact) mass is 794 g/mol. The number of phosphoric ester groups is 1. The zero-order chi connectivity index (χ0) is 40.3. The van der Waals surface area contributed by atoms with Gasteiger partial charge >= 0.3 is 19.8 Å². The third-order valence-electron chi connectivity index (χ3n) is 8.86. The van der Waals surface area contributed by atoms with Crippen molar-refractivity contribution in [1.29, 1.82) is 0 Å². The minimum atomic E-state index is -4.39. The van der Waals surface area contributed by atoms with Crippen molar-refractivity contribution in [3.63, 3.8) is 0 Å². The van der Waals surface area contributed by atoms with Crippen LogP contribution in [0.3, 0.4) is 0 Å². The number of carbonyl (C=O) groups excluding carboxylic acids is 2. The van der Waals surface area contributed by atoms with Crippen LogP contribution in [0.25, 0.3) is 0 Å². The molecule has 0 aromatic carbocycles. The van der Waals surface area contributed by atoms with Gasteiger partial charge in [-0.25, -0.2) is 4.57 Å². The van der Waals surface area contributed by atoms with Crippen LogP contribution in [0.4, 0.5) is 0 Å². The van der Waals surface area contributed by atoms with Crippen molar-refractivity contribution in [2.45, 2.75) is 187 Å². The lowest BCUT2D eigenvalue weighted by Gasteiger charge is -2.19. The molecule has 0 heterocycles. The summed E-state index contributed by atoms with van der Waals surface area (Å²) in [5.41, 5.74) is 5.34. The zero-order valence-electron chi connectivity index (χ0n) is 34.9. The molecule has 0 bridgehead atoms. The van der Waals surface area contributed by atoms with Crippen LogP contribution < -0.4 is 5.73 Å². The fourth-order valence-corrected chi connectivity index (χ4v) is 6.38. The summed E-state index contributed by atoms with van der Waals surface area (Å²) in [7, 11) is -4.39. The molecule has 55 heavy (non-hydrogen) atoms. The van der Waals surface area contributed by atoms with Gasteiger partial charge in [-0.2, -0.15) is 0 Å². The minimum Gasteiger partial charge on any atom is -0.462 e. The number of hydrogen-bond donors (Lipinski definition) is 2. The van der Waals surface area contributed by atoms with E-state index < -0.39 is 32.5 Å². The Bertz CT molecular complexity index is 1090. The molecular formula is C45H80NO8P. The number of allylic oxidation sites excluding steroid dienone is 10. The lowest BCUT2D eigenvalue weighted by Crippen LogP contribution is -2.29. The topological polar surface area (TPSA) is 134 Å². The maximum Gasteiger partial charge on any atom is 0.472 e. The summed E-state index contributed by atoms with van der Waals surface area (Å²) < 4.78 is 32.7. The number of rotatable bonds is 40. The molecule has 0 saturated heterocycles. The summed E-state index contributed by atoms with van der Waals surface area (Å²) in [6.45, 7) is 3.61. The molecule has 0 aromatic heterocycles. The number of hydrogen-bond acceptors (Lipinski definition) is 8. The molecule has 0 aliphatic heterocycles. The Hall–Kier alpha value is -2.29. The van der Waals surface area contributed by atoms with Crippen LogP contribution in [0.2, 0.25) is 0 Å². The minimum absolute atomic E-state index is 0.0449. The van der Waals surface area contributed by atoms with Gasteiger partial charge in [0.25, 0.3) is 0 Å². The number of nitrogens with two attached hydrogens (primary N) is 1. The van der Waals surface area contributed by atoms with Crippen molar-refractivity contribution < 1.29 is 37.6 Å². The highest BCUT2D eigenvalue weighted by molar-refractivity contribution is 7.47. The summed E-state index contributed by atoms with van der Waals surface area (Å²) in [6.07, 6.45) is 48.2. The Morgan fingerprint density at radius 2 is 0.982 bits per heavy atom. The second kappa shape index (κ2) is 41.3. The van der Waals surface area contributed by atoms with Crippen molar-refractivity contribution in [2.24, 2.45) is 5.73 Å². The predicted molar refractivity (Wildman–Crippen MR) is 229 cm³/mol. The molecule has 0 rings (SSSR count). The molecule has 10 heteroatoms. The molecule has 0 radical (unpaired) electrons. The highest BCUT2D eigenvalue weighted by Gasteiger charge is 2.26. The standard InChI is InChI=1S/C45H80NO8P/c1-3-5-7-9-11-13-15-17-19-21-23-25-27-29-31-33-35-37-44(47)51-41-43(42-53-55(49,50)52-40-39-46)54-45(48)38-36-34-32-30-28-26-24-22-20-18-16-14-12-10-8-6-4-2/h8,10,14,16-17,19-20,22,26,28,43H,3-7,9,11-13,15,18,21,23-25,27,29-42,46H2,1-2H3,(H,49,50)/b10-8+,16-14+,19-17+,22-20+,28-26+/t43-/m1/s1. The zero-order valence-corrected chi connectivity index (χ0v) is 35.8. The van der Waals surface area contributed by atoms with E-state index in [1.165, 1.54) is 70.6 Å². The van der Waals surface area contributed by atoms with Crippen LogP contribution >= 0.6 is 7.82 Å². The predicted octanol–water partition coefficient (Wildman–Crippen LogP) is 12.5. The van der Waals surface area contributed by atoms with E-state index in [2.05, 4.69) is 74.6 Å². The largest absolute Gasteiger partial charge is 0.472 e. The lowest BCUT2D eigenvalue weighted by atomic mass is 10.1. The molecule has 3 N–H and O–H groups in total. The van der Waals surface area contributed by atoms with Crippen LogP contribution in [0.15, 0.2) is 60.8 Å². The number of esters is 2. The Kier molecular flexibility index (Phi) is 39.6. The molecule has 9 nitrogen and oxygen atoms in total. The highest BCUT2D eigenvalue weighted by Crippen LogP contribution is 2.43. The number of carbonyl (C=O) groups is 2. The van der Waals surface area contributed by atoms with E-state index in [9.17, 15) is 19.0 Å². The Labute approximate surface area is 336 Å². The normalized spacial score (nSPS) is 13.9. The average molecular weight is 794 g/mol. The summed E-state index contributed by atoms with van der Waals surface area (Å²) >= 11 is 0. The highest BCUT2D eigenvalue weighted by atomic mass is 31.2. The van der Waals surface area contributed by atoms with Gasteiger partial charge < -0.3 is 20.1 Å². The second-order valence-electron chi connectivity index (χ2n) is 14.2. The second-order valence-corrected chi connectivity index (χ2v) is 15.7. The van der Waals surface area contributed by atoms with E-state index in [1.54, 1.807) is 0 Å².